The van der Waals surface area contributed by atoms with Gasteiger partial charge in [-0.2, -0.15) is 0 Å². The minimum Gasteiger partial charge on any atom is -0.335 e. The number of carbonyl (C=O) groups excluding carboxylic acids is 1. The number of nitrogens with zero attached hydrogens (tertiary/aromatic N) is 3. The molecule has 140 valence electrons. The molecule has 0 spiro atoms. The first-order valence-corrected chi connectivity index (χ1v) is 9.73. The smallest absolute Gasteiger partial charge is 0.234 e. The van der Waals surface area contributed by atoms with Gasteiger partial charge in [0.1, 0.15) is 0 Å². The van der Waals surface area contributed by atoms with Gasteiger partial charge in [0, 0.05) is 11.3 Å². The van der Waals surface area contributed by atoms with E-state index in [1.165, 1.54) is 16.4 Å². The van der Waals surface area contributed by atoms with Crippen molar-refractivity contribution < 1.29 is 4.79 Å². The zero-order valence-corrected chi connectivity index (χ0v) is 16.5. The van der Waals surface area contributed by atoms with Crippen LogP contribution in [0.15, 0.2) is 53.7 Å². The summed E-state index contributed by atoms with van der Waals surface area (Å²) in [7, 11) is 0. The molecule has 3 aromatic rings. The number of nitrogens with two attached hydrogens (primary N) is 1. The summed E-state index contributed by atoms with van der Waals surface area (Å²) < 4.78 is 1.43. The van der Waals surface area contributed by atoms with Crippen LogP contribution >= 0.6 is 11.8 Å². The average Bonchev–Trinajstić information content (AvgIpc) is 3.01. The molecule has 1 amide bonds. The highest BCUT2D eigenvalue weighted by atomic mass is 32.2. The minimum absolute atomic E-state index is 0.104. The first-order chi connectivity index (χ1) is 13.0. The molecule has 3 N–H and O–H groups in total. The molecule has 0 saturated heterocycles. The molecule has 0 aliphatic rings. The van der Waals surface area contributed by atoms with E-state index in [-0.39, 0.29) is 11.7 Å². The second-order valence-electron chi connectivity index (χ2n) is 6.62. The van der Waals surface area contributed by atoms with Gasteiger partial charge in [-0.25, -0.2) is 4.68 Å². The molecular weight excluding hydrogens is 358 g/mol. The Morgan fingerprint density at radius 3 is 2.70 bits per heavy atom. The predicted molar refractivity (Wildman–Crippen MR) is 110 cm³/mol. The fraction of sp³-hybridized carbons (Fsp3) is 0.250. The quantitative estimate of drug-likeness (QED) is 0.501. The number of carbonyl (C=O) groups is 1. The van der Waals surface area contributed by atoms with Crippen LogP contribution in [0.3, 0.4) is 0 Å². The fourth-order valence-corrected chi connectivity index (χ4v) is 3.44. The molecule has 0 unspecified atom stereocenters. The molecule has 1 heterocycles. The number of thioether (sulfide) groups is 1. The van der Waals surface area contributed by atoms with Gasteiger partial charge in [0.25, 0.3) is 0 Å². The van der Waals surface area contributed by atoms with Gasteiger partial charge in [-0.15, -0.1) is 10.2 Å². The van der Waals surface area contributed by atoms with Crippen LogP contribution < -0.4 is 11.2 Å². The standard InChI is InChI=1S/C20H23N5OS/c1-13(2)16-9-4-5-10-17(16)22-18(26)12-27-20-24-23-19(25(20)21)15-8-6-7-14(3)11-15/h4-11,13H,12,21H2,1-3H3,(H,22,26). The molecule has 0 radical (unpaired) electrons. The van der Waals surface area contributed by atoms with Gasteiger partial charge in [0.15, 0.2) is 5.82 Å². The Morgan fingerprint density at radius 2 is 1.96 bits per heavy atom. The highest BCUT2D eigenvalue weighted by Crippen LogP contribution is 2.25. The molecule has 0 bridgehead atoms. The Bertz CT molecular complexity index is 951. The maximum atomic E-state index is 12.4. The zero-order chi connectivity index (χ0) is 19.4. The summed E-state index contributed by atoms with van der Waals surface area (Å²) in [6, 6.07) is 15.7. The van der Waals surface area contributed by atoms with Gasteiger partial charge in [-0.3, -0.25) is 4.79 Å². The summed E-state index contributed by atoms with van der Waals surface area (Å²) >= 11 is 1.26. The lowest BCUT2D eigenvalue weighted by molar-refractivity contribution is -0.113. The number of benzene rings is 2. The Morgan fingerprint density at radius 1 is 1.19 bits per heavy atom. The Labute approximate surface area is 163 Å². The first-order valence-electron chi connectivity index (χ1n) is 8.75. The second kappa shape index (κ2) is 8.26. The average molecular weight is 382 g/mol. The van der Waals surface area contributed by atoms with Gasteiger partial charge >= 0.3 is 0 Å². The van der Waals surface area contributed by atoms with Crippen LogP contribution in [0.25, 0.3) is 11.4 Å². The highest BCUT2D eigenvalue weighted by molar-refractivity contribution is 7.99. The van der Waals surface area contributed by atoms with E-state index in [4.69, 9.17) is 5.84 Å². The topological polar surface area (TPSA) is 85.8 Å². The predicted octanol–water partition coefficient (Wildman–Crippen LogP) is 3.82. The third-order valence-electron chi connectivity index (χ3n) is 4.13. The first kappa shape index (κ1) is 19.0. The van der Waals surface area contributed by atoms with Crippen LogP contribution in [0.2, 0.25) is 0 Å². The maximum Gasteiger partial charge on any atom is 0.234 e. The molecular formula is C20H23N5OS. The Kier molecular flexibility index (Phi) is 5.81. The summed E-state index contributed by atoms with van der Waals surface area (Å²) in [5.74, 6) is 7.13. The van der Waals surface area contributed by atoms with E-state index in [9.17, 15) is 4.79 Å². The molecule has 27 heavy (non-hydrogen) atoms. The third-order valence-corrected chi connectivity index (χ3v) is 5.07. The van der Waals surface area contributed by atoms with Crippen LogP contribution in [0.1, 0.15) is 30.9 Å². The number of aryl methyl sites for hydroxylation is 1. The monoisotopic (exact) mass is 381 g/mol. The van der Waals surface area contributed by atoms with Crippen molar-refractivity contribution in [3.63, 3.8) is 0 Å². The number of aromatic nitrogens is 3. The molecule has 2 aromatic carbocycles. The molecule has 1 aromatic heterocycles. The second-order valence-corrected chi connectivity index (χ2v) is 7.57. The van der Waals surface area contributed by atoms with Crippen molar-refractivity contribution in [1.29, 1.82) is 0 Å². The van der Waals surface area contributed by atoms with Gasteiger partial charge in [0.05, 0.1) is 5.75 Å². The van der Waals surface area contributed by atoms with E-state index in [1.54, 1.807) is 0 Å². The number of nitrogens with one attached hydrogen (secondary N) is 1. The van der Waals surface area contributed by atoms with E-state index < -0.39 is 0 Å². The number of anilines is 1. The normalized spacial score (nSPS) is 11.0. The largest absolute Gasteiger partial charge is 0.335 e. The summed E-state index contributed by atoms with van der Waals surface area (Å²) in [5, 5.41) is 11.7. The van der Waals surface area contributed by atoms with Crippen molar-refractivity contribution in [2.24, 2.45) is 0 Å². The van der Waals surface area contributed by atoms with Crippen LogP contribution in [0.4, 0.5) is 5.69 Å². The molecule has 0 aliphatic heterocycles. The SMILES string of the molecule is Cc1cccc(-c2nnc(SCC(=O)Nc3ccccc3C(C)C)n2N)c1. The van der Waals surface area contributed by atoms with Gasteiger partial charge < -0.3 is 11.2 Å². The van der Waals surface area contributed by atoms with Gasteiger partial charge in [-0.1, -0.05) is 67.6 Å². The Hall–Kier alpha value is -2.80. The summed E-state index contributed by atoms with van der Waals surface area (Å²) in [6.45, 7) is 6.21. The Balaban J connectivity index is 1.67. The third kappa shape index (κ3) is 4.49. The van der Waals surface area contributed by atoms with Gasteiger partial charge in [-0.05, 0) is 30.5 Å². The number of amides is 1. The molecule has 0 fully saturated rings. The van der Waals surface area contributed by atoms with Crippen molar-refractivity contribution >= 4 is 23.4 Å². The summed E-state index contributed by atoms with van der Waals surface area (Å²) in [4.78, 5) is 12.4. The number of hydrogen-bond acceptors (Lipinski definition) is 5. The minimum atomic E-state index is -0.104. The molecule has 7 heteroatoms. The maximum absolute atomic E-state index is 12.4. The molecule has 0 saturated carbocycles. The molecule has 3 rings (SSSR count). The molecule has 6 nitrogen and oxygen atoms in total. The van der Waals surface area contributed by atoms with E-state index in [0.717, 1.165) is 22.4 Å². The number of hydrogen-bond donors (Lipinski definition) is 2. The number of para-hydroxylation sites is 1. The summed E-state index contributed by atoms with van der Waals surface area (Å²) in [6.07, 6.45) is 0. The fourth-order valence-electron chi connectivity index (χ4n) is 2.79. The lowest BCUT2D eigenvalue weighted by Crippen LogP contribution is -2.17. The molecule has 0 atom stereocenters. The highest BCUT2D eigenvalue weighted by Gasteiger charge is 2.15. The van der Waals surface area contributed by atoms with Crippen molar-refractivity contribution in [2.75, 3.05) is 16.9 Å². The van der Waals surface area contributed by atoms with Crippen LogP contribution in [0, 0.1) is 6.92 Å². The lowest BCUT2D eigenvalue weighted by Gasteiger charge is -2.13. The van der Waals surface area contributed by atoms with Crippen molar-refractivity contribution in [3.8, 4) is 11.4 Å². The van der Waals surface area contributed by atoms with Crippen LogP contribution in [-0.2, 0) is 4.79 Å². The van der Waals surface area contributed by atoms with E-state index in [2.05, 4.69) is 29.4 Å². The van der Waals surface area contributed by atoms with E-state index in [1.807, 2.05) is 55.5 Å². The van der Waals surface area contributed by atoms with Gasteiger partial charge in [0.2, 0.25) is 11.1 Å². The van der Waals surface area contributed by atoms with E-state index >= 15 is 0 Å². The van der Waals surface area contributed by atoms with Crippen molar-refractivity contribution in [2.45, 2.75) is 31.8 Å². The zero-order valence-electron chi connectivity index (χ0n) is 15.6. The van der Waals surface area contributed by atoms with Crippen molar-refractivity contribution in [3.05, 3.63) is 59.7 Å². The summed E-state index contributed by atoms with van der Waals surface area (Å²) in [5.41, 5.74) is 3.97. The van der Waals surface area contributed by atoms with E-state index in [0.29, 0.717) is 16.9 Å². The molecule has 0 aliphatic carbocycles. The van der Waals surface area contributed by atoms with Crippen LogP contribution in [-0.4, -0.2) is 26.5 Å². The van der Waals surface area contributed by atoms with Crippen LogP contribution in [0.5, 0.6) is 0 Å². The number of rotatable bonds is 6. The lowest BCUT2D eigenvalue weighted by atomic mass is 10.0. The van der Waals surface area contributed by atoms with Crippen molar-refractivity contribution in [1.82, 2.24) is 14.9 Å². The number of nitrogen functional groups attached to an aromatic ring is 1.